The van der Waals surface area contributed by atoms with Crippen molar-refractivity contribution >= 4 is 34.5 Å². The van der Waals surface area contributed by atoms with Gasteiger partial charge in [0.15, 0.2) is 0 Å². The van der Waals surface area contributed by atoms with Crippen LogP contribution in [0.5, 0.6) is 0 Å². The number of aliphatic imine (C=N–C) groups is 1. The summed E-state index contributed by atoms with van der Waals surface area (Å²) in [5.41, 5.74) is 0.109. The van der Waals surface area contributed by atoms with Crippen LogP contribution in [0.3, 0.4) is 0 Å². The van der Waals surface area contributed by atoms with Crippen LogP contribution in [0.2, 0.25) is 5.02 Å². The molecule has 23 heavy (non-hydrogen) atoms. The molecule has 2 aliphatic rings. The van der Waals surface area contributed by atoms with Crippen molar-refractivity contribution in [1.82, 2.24) is 9.80 Å². The quantitative estimate of drug-likeness (QED) is 0.794. The first-order valence-electron chi connectivity index (χ1n) is 12.4. The monoisotopic (exact) mass is 337 g/mol. The minimum Gasteiger partial charge on any atom is -0.353 e. The van der Waals surface area contributed by atoms with Crippen LogP contribution in [0, 0.1) is 0 Å². The lowest BCUT2D eigenvalue weighted by Gasteiger charge is -2.34. The van der Waals surface area contributed by atoms with E-state index in [0.717, 1.165) is 0 Å². The van der Waals surface area contributed by atoms with E-state index in [1.807, 2.05) is 0 Å². The molecule has 0 radical (unpaired) electrons. The van der Waals surface area contributed by atoms with Gasteiger partial charge in [-0.2, -0.15) is 0 Å². The second-order valence-corrected chi connectivity index (χ2v) is 5.42. The van der Waals surface area contributed by atoms with Gasteiger partial charge in [0.05, 0.1) is 22.3 Å². The third kappa shape index (κ3) is 2.80. The zero-order valence-corrected chi connectivity index (χ0v) is 12.6. The van der Waals surface area contributed by atoms with Crippen LogP contribution >= 0.6 is 11.6 Å². The van der Waals surface area contributed by atoms with E-state index in [2.05, 4.69) is 10.3 Å². The van der Waals surface area contributed by atoms with Crippen molar-refractivity contribution in [3.63, 3.8) is 0 Å². The molecule has 2 aromatic carbocycles. The summed E-state index contributed by atoms with van der Waals surface area (Å²) in [7, 11) is 0. The van der Waals surface area contributed by atoms with Crippen LogP contribution in [0.15, 0.2) is 47.4 Å². The number of benzene rings is 2. The van der Waals surface area contributed by atoms with Gasteiger partial charge in [-0.25, -0.2) is 4.99 Å². The number of para-hydroxylation sites is 1. The van der Waals surface area contributed by atoms with Crippen molar-refractivity contribution in [3.8, 4) is 0 Å². The Kier molecular flexibility index (Phi) is 1.74. The lowest BCUT2D eigenvalue weighted by Crippen LogP contribution is -2.47. The zero-order chi connectivity index (χ0) is 25.4. The first kappa shape index (κ1) is 6.83. The van der Waals surface area contributed by atoms with Crippen LogP contribution in [0.1, 0.15) is 20.6 Å². The van der Waals surface area contributed by atoms with Gasteiger partial charge in [-0.15, -0.1) is 0 Å². The number of fused-ring (bicyclic) bond motifs is 2. The van der Waals surface area contributed by atoms with Crippen molar-refractivity contribution in [2.45, 2.75) is 0 Å². The number of nitrogens with zero attached hydrogens (tertiary/aromatic N) is 3. The molecule has 1 saturated heterocycles. The maximum Gasteiger partial charge on any atom is 0.138 e. The molecule has 0 spiro atoms. The van der Waals surface area contributed by atoms with Gasteiger partial charge in [0, 0.05) is 46.5 Å². The normalized spacial score (nSPS) is 29.5. The number of halogens is 1. The van der Waals surface area contributed by atoms with Gasteiger partial charge in [-0.05, 0) is 37.3 Å². The summed E-state index contributed by atoms with van der Waals surface area (Å²) < 4.78 is 90.3. The number of hydrogen-bond donors (Lipinski definition) is 1. The van der Waals surface area contributed by atoms with E-state index in [1.165, 1.54) is 18.2 Å². The minimum atomic E-state index is -2.75. The number of nitrogens with one attached hydrogen (secondary N) is 1. The van der Waals surface area contributed by atoms with E-state index in [1.54, 1.807) is 0 Å². The maximum atomic E-state index is 8.59. The third-order valence-electron chi connectivity index (χ3n) is 3.41. The number of hydrogen-bond acceptors (Lipinski definition) is 4. The second kappa shape index (κ2) is 5.87. The van der Waals surface area contributed by atoms with Crippen molar-refractivity contribution in [3.05, 3.63) is 53.0 Å². The van der Waals surface area contributed by atoms with Crippen molar-refractivity contribution < 1.29 is 15.1 Å². The number of rotatable bonds is 0. The van der Waals surface area contributed by atoms with Gasteiger partial charge in [0.25, 0.3) is 0 Å². The third-order valence-corrected chi connectivity index (χ3v) is 3.64. The zero-order valence-electron chi connectivity index (χ0n) is 22.9. The van der Waals surface area contributed by atoms with E-state index >= 15 is 0 Å². The molecule has 4 nitrogen and oxygen atoms in total. The van der Waals surface area contributed by atoms with Gasteiger partial charge in [0.1, 0.15) is 5.84 Å². The Hall–Kier alpha value is -2.04. The largest absolute Gasteiger partial charge is 0.353 e. The van der Waals surface area contributed by atoms with Crippen LogP contribution in [0.25, 0.3) is 0 Å². The molecular weight excluding hydrogens is 308 g/mol. The summed E-state index contributed by atoms with van der Waals surface area (Å²) in [5, 5.41) is 3.18. The predicted molar refractivity (Wildman–Crippen MR) is 96.4 cm³/mol. The first-order valence-corrected chi connectivity index (χ1v) is 7.24. The fourth-order valence-corrected chi connectivity index (χ4v) is 2.48. The molecule has 0 unspecified atom stereocenters. The molecule has 0 atom stereocenters. The van der Waals surface area contributed by atoms with E-state index in [0.29, 0.717) is 15.5 Å². The molecule has 5 heteroatoms. The highest BCUT2D eigenvalue weighted by molar-refractivity contribution is 6.31. The summed E-state index contributed by atoms with van der Waals surface area (Å²) in [6, 6.07) is 2.35. The molecule has 2 aromatic rings. The van der Waals surface area contributed by atoms with Crippen LogP contribution < -0.4 is 5.32 Å². The van der Waals surface area contributed by atoms with Gasteiger partial charge >= 0.3 is 0 Å². The Labute approximate surface area is 156 Å². The Morgan fingerprint density at radius 1 is 1.26 bits per heavy atom. The smallest absolute Gasteiger partial charge is 0.138 e. The molecule has 0 aromatic heterocycles. The average Bonchev–Trinajstić information content (AvgIpc) is 2.84. The number of amidine groups is 1. The molecule has 0 amide bonds. The Bertz CT molecular complexity index is 1190. The molecule has 118 valence electrons. The minimum absolute atomic E-state index is 0.115. The second-order valence-electron chi connectivity index (χ2n) is 4.98. The predicted octanol–water partition coefficient (Wildman–Crippen LogP) is 3.72. The number of anilines is 2. The topological polar surface area (TPSA) is 30.9 Å². The van der Waals surface area contributed by atoms with Gasteiger partial charge in [0.2, 0.25) is 0 Å². The molecule has 1 N–H and O–H groups in total. The lowest BCUT2D eigenvalue weighted by molar-refractivity contribution is 0.216. The summed E-state index contributed by atoms with van der Waals surface area (Å²) in [5.74, 6) is -0.407. The molecule has 2 heterocycles. The molecule has 0 aliphatic carbocycles. The van der Waals surface area contributed by atoms with Crippen LogP contribution in [-0.2, 0) is 0 Å². The fourth-order valence-electron chi connectivity index (χ4n) is 2.32. The first-order chi connectivity index (χ1) is 15.5. The lowest BCUT2D eigenvalue weighted by atomic mass is 10.1. The van der Waals surface area contributed by atoms with E-state index in [9.17, 15) is 0 Å². The summed E-state index contributed by atoms with van der Waals surface area (Å²) in [4.78, 5) is 5.79. The summed E-state index contributed by atoms with van der Waals surface area (Å²) >= 11 is 6.11. The van der Waals surface area contributed by atoms with Crippen LogP contribution in [-0.4, -0.2) is 48.7 Å². The Balaban J connectivity index is 2.03. The van der Waals surface area contributed by atoms with E-state index < -0.39 is 63.1 Å². The molecule has 2 aliphatic heterocycles. The Morgan fingerprint density at radius 3 is 2.91 bits per heavy atom. The van der Waals surface area contributed by atoms with E-state index in [4.69, 9.17) is 26.7 Å². The Morgan fingerprint density at radius 2 is 2.09 bits per heavy atom. The highest BCUT2D eigenvalue weighted by Crippen LogP contribution is 2.36. The standard InChI is InChI=1S/C18H19ClN4/c1-22-8-10-23(11-9-22)18-14-4-2-3-5-15(14)20-16-7-6-13(19)12-17(16)21-18/h2-7,12,20H,8-11H2,1H3/i1D3,2D,3D,4D,5D,10D2,11D2. The van der Waals surface area contributed by atoms with Crippen molar-refractivity contribution in [2.24, 2.45) is 4.99 Å². The van der Waals surface area contributed by atoms with Gasteiger partial charge in [-0.3, -0.25) is 0 Å². The highest BCUT2D eigenvalue weighted by Gasteiger charge is 2.23. The molecule has 4 rings (SSSR count). The van der Waals surface area contributed by atoms with E-state index in [-0.39, 0.29) is 22.0 Å². The molecular formula is C18H19ClN4. The maximum absolute atomic E-state index is 8.59. The van der Waals surface area contributed by atoms with Crippen LogP contribution in [0.4, 0.5) is 17.1 Å². The SMILES string of the molecule is [2H]c1c([2H])c([2H])c2c(c1[2H])Nc1ccc(Cl)cc1N=C2N1C([2H])([2H])CN(C([2H])([2H])[2H])CC1([2H])[2H]. The highest BCUT2D eigenvalue weighted by atomic mass is 35.5. The van der Waals surface area contributed by atoms with Gasteiger partial charge in [-0.1, -0.05) is 23.7 Å². The molecule has 1 fully saturated rings. The average molecular weight is 338 g/mol. The number of piperazine rings is 1. The van der Waals surface area contributed by atoms with Crippen molar-refractivity contribution in [1.29, 1.82) is 0 Å². The van der Waals surface area contributed by atoms with Gasteiger partial charge < -0.3 is 15.1 Å². The number of likely N-dealkylation sites (N-methyl/N-ethyl adjacent to an activating group) is 1. The fraction of sp³-hybridized carbons (Fsp3) is 0.278. The summed E-state index contributed by atoms with van der Waals surface area (Å²) in [6.45, 7) is -9.38. The summed E-state index contributed by atoms with van der Waals surface area (Å²) in [6.07, 6.45) is 0. The molecule has 0 saturated carbocycles. The van der Waals surface area contributed by atoms with Crippen molar-refractivity contribution in [2.75, 3.05) is 38.4 Å². The molecule has 0 bridgehead atoms.